The fraction of sp³-hybridized carbons (Fsp3) is 0.429. The number of nitrogens with zero attached hydrogens (tertiary/aromatic N) is 1. The Balaban J connectivity index is 0.000000362. The summed E-state index contributed by atoms with van der Waals surface area (Å²) in [6, 6.07) is 11.5. The number of carbonyl (C=O) groups is 6. The first kappa shape index (κ1) is 36.8. The van der Waals surface area contributed by atoms with Crippen molar-refractivity contribution in [3.63, 3.8) is 0 Å². The van der Waals surface area contributed by atoms with Crippen LogP contribution in [0.4, 0.5) is 0 Å². The van der Waals surface area contributed by atoms with Crippen molar-refractivity contribution in [2.24, 2.45) is 0 Å². The summed E-state index contributed by atoms with van der Waals surface area (Å²) in [5, 5.41) is 39.3. The maximum Gasteiger partial charge on any atom is 0.353 e. The van der Waals surface area contributed by atoms with Gasteiger partial charge in [-0.15, -0.1) is 0 Å². The first-order valence-corrected chi connectivity index (χ1v) is 16.0. The number of hydrogen-bond donors (Lipinski definition) is 4. The normalized spacial score (nSPS) is 24.8. The molecule has 0 saturated carbocycles. The third kappa shape index (κ3) is 7.09. The highest BCUT2D eigenvalue weighted by Gasteiger charge is 2.72. The van der Waals surface area contributed by atoms with Gasteiger partial charge in [0.15, 0.2) is 17.6 Å². The van der Waals surface area contributed by atoms with E-state index in [2.05, 4.69) is 9.64 Å². The average molecular weight is 712 g/mol. The first-order chi connectivity index (χ1) is 24.1. The van der Waals surface area contributed by atoms with E-state index in [1.165, 1.54) is 0 Å². The van der Waals surface area contributed by atoms with Crippen molar-refractivity contribution < 1.29 is 72.9 Å². The van der Waals surface area contributed by atoms with Crippen LogP contribution in [-0.4, -0.2) is 105 Å². The van der Waals surface area contributed by atoms with Crippen LogP contribution < -0.4 is 9.47 Å². The van der Waals surface area contributed by atoms with E-state index < -0.39 is 78.0 Å². The van der Waals surface area contributed by atoms with Gasteiger partial charge in [0.25, 0.3) is 0 Å². The zero-order valence-corrected chi connectivity index (χ0v) is 27.9. The summed E-state index contributed by atoms with van der Waals surface area (Å²) in [5.74, 6) is -5.42. The summed E-state index contributed by atoms with van der Waals surface area (Å²) in [6.45, 7) is 2.82. The van der Waals surface area contributed by atoms with Gasteiger partial charge < -0.3 is 49.0 Å². The Morgan fingerprint density at radius 3 is 2.24 bits per heavy atom. The van der Waals surface area contributed by atoms with E-state index in [0.29, 0.717) is 25.1 Å². The highest BCUT2D eigenvalue weighted by Crippen LogP contribution is 2.65. The maximum absolute atomic E-state index is 13.1. The molecule has 2 heterocycles. The number of aliphatic hydroxyl groups is 1. The highest BCUT2D eigenvalue weighted by molar-refractivity contribution is 5.86. The SMILES string of the molecule is CC(=O)OC(CC(=O)O)C(=O)O.CC(=O)OC(CC(=O)OC1=CC[C@@]2(O)[C@H]3Cc4ccc(O)c5c4[C@@]2(CCN3C)[C@H]1O5)C(=O)Oc1ccccc1. The number of carbonyl (C=O) groups excluding carboxylic acids is 4. The number of phenols is 1. The van der Waals surface area contributed by atoms with Crippen molar-refractivity contribution in [1.82, 2.24) is 4.90 Å². The van der Waals surface area contributed by atoms with Gasteiger partial charge in [-0.25, -0.2) is 9.59 Å². The lowest BCUT2D eigenvalue weighted by molar-refractivity contribution is -0.172. The van der Waals surface area contributed by atoms with Crippen molar-refractivity contribution in [3.05, 3.63) is 65.4 Å². The first-order valence-electron chi connectivity index (χ1n) is 16.0. The monoisotopic (exact) mass is 711 g/mol. The number of benzene rings is 2. The van der Waals surface area contributed by atoms with Crippen LogP contribution in [-0.2, 0) is 54.8 Å². The molecule has 2 bridgehead atoms. The minimum atomic E-state index is -1.60. The Labute approximate surface area is 291 Å². The second kappa shape index (κ2) is 14.4. The lowest BCUT2D eigenvalue weighted by Gasteiger charge is -2.61. The van der Waals surface area contributed by atoms with Gasteiger partial charge in [-0.1, -0.05) is 24.3 Å². The molecule has 2 aliphatic heterocycles. The second-order valence-electron chi connectivity index (χ2n) is 12.6. The molecule has 0 amide bonds. The molecule has 0 radical (unpaired) electrons. The molecule has 2 unspecified atom stereocenters. The molecule has 2 aliphatic carbocycles. The molecule has 1 spiro atoms. The molecule has 1 saturated heterocycles. The van der Waals surface area contributed by atoms with Crippen LogP contribution in [0.25, 0.3) is 0 Å². The van der Waals surface area contributed by atoms with E-state index in [0.717, 1.165) is 25.0 Å². The van der Waals surface area contributed by atoms with Crippen molar-refractivity contribution in [3.8, 4) is 17.2 Å². The fourth-order valence-corrected chi connectivity index (χ4v) is 7.34. The van der Waals surface area contributed by atoms with Crippen molar-refractivity contribution >= 4 is 35.8 Å². The molecule has 16 nitrogen and oxygen atoms in total. The van der Waals surface area contributed by atoms with Crippen LogP contribution in [0.15, 0.2) is 54.3 Å². The Kier molecular flexibility index (Phi) is 10.4. The van der Waals surface area contributed by atoms with E-state index in [4.69, 9.17) is 29.2 Å². The molecule has 4 N–H and O–H groups in total. The van der Waals surface area contributed by atoms with E-state index in [-0.39, 0.29) is 29.7 Å². The molecule has 1 fully saturated rings. The van der Waals surface area contributed by atoms with E-state index in [1.807, 2.05) is 13.1 Å². The quantitative estimate of drug-likeness (QED) is 0.156. The number of rotatable bonds is 10. The van der Waals surface area contributed by atoms with Crippen molar-refractivity contribution in [2.45, 2.75) is 81.3 Å². The van der Waals surface area contributed by atoms with Crippen LogP contribution in [0, 0.1) is 0 Å². The molecule has 2 aromatic rings. The number of likely N-dealkylation sites (tertiary alicyclic amines) is 1. The molecule has 0 aromatic heterocycles. The smallest absolute Gasteiger partial charge is 0.353 e. The minimum Gasteiger partial charge on any atom is -0.504 e. The summed E-state index contributed by atoms with van der Waals surface area (Å²) in [5.41, 5.74) is -0.368. The van der Waals surface area contributed by atoms with Gasteiger partial charge in [-0.3, -0.25) is 19.2 Å². The van der Waals surface area contributed by atoms with Crippen LogP contribution >= 0.6 is 0 Å². The zero-order valence-electron chi connectivity index (χ0n) is 27.9. The zero-order chi connectivity index (χ0) is 37.2. The number of piperidine rings is 1. The van der Waals surface area contributed by atoms with Gasteiger partial charge in [-0.05, 0) is 56.3 Å². The second-order valence-corrected chi connectivity index (χ2v) is 12.6. The summed E-state index contributed by atoms with van der Waals surface area (Å²) < 4.78 is 26.6. The third-order valence-electron chi connectivity index (χ3n) is 9.41. The van der Waals surface area contributed by atoms with Crippen molar-refractivity contribution in [1.29, 1.82) is 0 Å². The highest BCUT2D eigenvalue weighted by atomic mass is 16.6. The minimum absolute atomic E-state index is 0.0403. The van der Waals surface area contributed by atoms with E-state index in [1.54, 1.807) is 42.5 Å². The van der Waals surface area contributed by atoms with Gasteiger partial charge in [0, 0.05) is 31.9 Å². The topological polar surface area (TPSA) is 233 Å². The van der Waals surface area contributed by atoms with Crippen LogP contribution in [0.5, 0.6) is 17.2 Å². The van der Waals surface area contributed by atoms with Crippen molar-refractivity contribution in [2.75, 3.05) is 13.6 Å². The number of esters is 4. The van der Waals surface area contributed by atoms with Gasteiger partial charge in [-0.2, -0.15) is 0 Å². The Bertz CT molecular complexity index is 1760. The summed E-state index contributed by atoms with van der Waals surface area (Å²) >= 11 is 0. The van der Waals surface area contributed by atoms with Gasteiger partial charge in [0.2, 0.25) is 12.2 Å². The fourth-order valence-electron chi connectivity index (χ4n) is 7.34. The lowest BCUT2D eigenvalue weighted by atomic mass is 9.50. The number of phenolic OH excluding ortho intramolecular Hbond substituents is 1. The number of carboxylic acids is 2. The number of aromatic hydroxyl groups is 1. The van der Waals surface area contributed by atoms with Crippen LogP contribution in [0.1, 0.15) is 50.7 Å². The molecule has 16 heteroatoms. The molecule has 272 valence electrons. The molecule has 2 aromatic carbocycles. The molecule has 4 aliphatic rings. The number of aliphatic carboxylic acids is 2. The van der Waals surface area contributed by atoms with E-state index in [9.17, 15) is 39.0 Å². The lowest BCUT2D eigenvalue weighted by Crippen LogP contribution is -2.74. The number of likely N-dealkylation sites (N-methyl/N-ethyl adjacent to an activating group) is 1. The van der Waals surface area contributed by atoms with Gasteiger partial charge >= 0.3 is 35.8 Å². The Hall–Kier alpha value is -5.48. The standard InChI is InChI=1S/C29H29NO9.C6H8O6/c1-16(31)36-21(27(34)37-18-6-4-3-5-7-18)15-23(33)38-20-10-11-29(35)22-14-17-8-9-19(32)25-24(17)28(29,26(20)39-25)12-13-30(22)2;1-3(7)12-4(6(10)11)2-5(8)9/h3-10,21-22,26,32,35H,11-15H2,1-2H3;4H,2H2,1H3,(H,8,9)(H,10,11)/t21?,22-,26+,28+,29-;/m1./s1. The molecule has 6 rings (SSSR count). The molecular formula is C35H37NO15. The Morgan fingerprint density at radius 1 is 0.941 bits per heavy atom. The Morgan fingerprint density at radius 2 is 1.61 bits per heavy atom. The number of para-hydroxylation sites is 1. The maximum atomic E-state index is 13.1. The number of ether oxygens (including phenoxy) is 5. The molecule has 6 atom stereocenters. The average Bonchev–Trinajstić information content (AvgIpc) is 3.41. The summed E-state index contributed by atoms with van der Waals surface area (Å²) in [7, 11) is 1.98. The van der Waals surface area contributed by atoms with Gasteiger partial charge in [0.05, 0.1) is 23.9 Å². The number of carboxylic acid groups (broad SMARTS) is 2. The molecular weight excluding hydrogens is 674 g/mol. The van der Waals surface area contributed by atoms with Gasteiger partial charge in [0.1, 0.15) is 11.5 Å². The number of hydrogen-bond acceptors (Lipinski definition) is 14. The van der Waals surface area contributed by atoms with Crippen LogP contribution in [0.2, 0.25) is 0 Å². The summed E-state index contributed by atoms with van der Waals surface area (Å²) in [4.78, 5) is 70.2. The van der Waals surface area contributed by atoms with E-state index >= 15 is 0 Å². The third-order valence-corrected chi connectivity index (χ3v) is 9.41. The van der Waals surface area contributed by atoms with Crippen LogP contribution in [0.3, 0.4) is 0 Å². The molecule has 51 heavy (non-hydrogen) atoms. The predicted octanol–water partition coefficient (Wildman–Crippen LogP) is 1.62. The largest absolute Gasteiger partial charge is 0.504 e. The summed E-state index contributed by atoms with van der Waals surface area (Å²) in [6.07, 6.45) is -2.30. The predicted molar refractivity (Wildman–Crippen MR) is 170 cm³/mol.